The minimum Gasteiger partial charge on any atom is -0.377 e. The van der Waals surface area contributed by atoms with Crippen LogP contribution in [0, 0.1) is 0 Å². The monoisotopic (exact) mass is 489 g/mol. The highest BCUT2D eigenvalue weighted by Gasteiger charge is 2.24. The normalized spacial score (nSPS) is 17.1. The molecule has 0 aliphatic carbocycles. The molecule has 1 saturated heterocycles. The average molecular weight is 490 g/mol. The van der Waals surface area contributed by atoms with Gasteiger partial charge in [-0.3, -0.25) is 4.79 Å². The van der Waals surface area contributed by atoms with Crippen LogP contribution in [0.25, 0.3) is 5.69 Å². The fourth-order valence-corrected chi connectivity index (χ4v) is 5.15. The molecule has 2 heterocycles. The van der Waals surface area contributed by atoms with Crippen molar-refractivity contribution < 1.29 is 17.9 Å². The van der Waals surface area contributed by atoms with Gasteiger partial charge in [-0.2, -0.15) is 5.10 Å². The quantitative estimate of drug-likeness (QED) is 0.502. The molecule has 2 aromatic carbocycles. The van der Waals surface area contributed by atoms with E-state index in [1.807, 2.05) is 31.2 Å². The average Bonchev–Trinajstić information content (AvgIpc) is 3.52. The Kier molecular flexibility index (Phi) is 7.08. The van der Waals surface area contributed by atoms with E-state index in [2.05, 4.69) is 20.1 Å². The first kappa shape index (κ1) is 23.4. The number of benzene rings is 2. The van der Waals surface area contributed by atoms with Crippen LogP contribution in [0.5, 0.6) is 0 Å². The lowest BCUT2D eigenvalue weighted by atomic mass is 10.1. The predicted octanol–water partition coefficient (Wildman–Crippen LogP) is 2.87. The molecule has 0 radical (unpaired) electrons. The van der Waals surface area contributed by atoms with Crippen LogP contribution in [-0.4, -0.2) is 48.3 Å². The lowest BCUT2D eigenvalue weighted by Gasteiger charge is -2.16. The van der Waals surface area contributed by atoms with Crippen LogP contribution in [0.4, 0.5) is 0 Å². The second kappa shape index (κ2) is 10.0. The Balaban J connectivity index is 1.44. The number of nitrogens with one attached hydrogen (secondary N) is 2. The molecule has 0 saturated carbocycles. The van der Waals surface area contributed by atoms with Gasteiger partial charge in [0, 0.05) is 18.7 Å². The molecule has 1 fully saturated rings. The maximum Gasteiger partial charge on any atom is 0.251 e. The molecule has 4 rings (SSSR count). The molecule has 33 heavy (non-hydrogen) atoms. The van der Waals surface area contributed by atoms with Crippen molar-refractivity contribution in [3.05, 3.63) is 71.3 Å². The first-order valence-electron chi connectivity index (χ1n) is 10.5. The van der Waals surface area contributed by atoms with E-state index in [1.54, 1.807) is 11.0 Å². The van der Waals surface area contributed by atoms with Crippen molar-refractivity contribution >= 4 is 27.5 Å². The van der Waals surface area contributed by atoms with Crippen molar-refractivity contribution in [2.24, 2.45) is 0 Å². The van der Waals surface area contributed by atoms with E-state index in [-0.39, 0.29) is 34.2 Å². The minimum atomic E-state index is -3.90. The van der Waals surface area contributed by atoms with Gasteiger partial charge in [0.1, 0.15) is 17.6 Å². The van der Waals surface area contributed by atoms with E-state index in [0.29, 0.717) is 6.61 Å². The molecule has 0 spiro atoms. The summed E-state index contributed by atoms with van der Waals surface area (Å²) in [7, 11) is -3.90. The Labute approximate surface area is 197 Å². The second-order valence-corrected chi connectivity index (χ2v) is 9.90. The van der Waals surface area contributed by atoms with Crippen molar-refractivity contribution in [2.45, 2.75) is 36.8 Å². The molecule has 11 heteroatoms. The van der Waals surface area contributed by atoms with Crippen LogP contribution in [0.15, 0.2) is 60.0 Å². The standard InChI is InChI=1S/C22H24ClN5O4S/c1-15(16-4-7-18(8-5-16)28-14-24-13-25-28)27-22(29)17-6-9-20(23)21(11-17)33(30,31)26-12-19-3-2-10-32-19/h4-9,11,13-15,19,26H,2-3,10,12H2,1H3,(H,27,29)/t15-,19-/m1/s1. The summed E-state index contributed by atoms with van der Waals surface area (Å²) in [4.78, 5) is 16.6. The summed E-state index contributed by atoms with van der Waals surface area (Å²) < 4.78 is 35.1. The number of hydrogen-bond acceptors (Lipinski definition) is 6. The van der Waals surface area contributed by atoms with Gasteiger partial charge in [-0.25, -0.2) is 22.8 Å². The summed E-state index contributed by atoms with van der Waals surface area (Å²) >= 11 is 6.15. The number of ether oxygens (including phenoxy) is 1. The Hall–Kier alpha value is -2.79. The molecule has 3 aromatic rings. The second-order valence-electron chi connectivity index (χ2n) is 7.76. The van der Waals surface area contributed by atoms with Gasteiger partial charge in [0.2, 0.25) is 10.0 Å². The molecule has 174 valence electrons. The van der Waals surface area contributed by atoms with Gasteiger partial charge in [0.15, 0.2) is 0 Å². The number of rotatable bonds is 8. The largest absolute Gasteiger partial charge is 0.377 e. The summed E-state index contributed by atoms with van der Waals surface area (Å²) in [6.45, 7) is 2.64. The van der Waals surface area contributed by atoms with Crippen molar-refractivity contribution in [2.75, 3.05) is 13.2 Å². The van der Waals surface area contributed by atoms with Crippen molar-refractivity contribution in [1.29, 1.82) is 0 Å². The maximum atomic E-state index is 12.8. The highest BCUT2D eigenvalue weighted by molar-refractivity contribution is 7.89. The van der Waals surface area contributed by atoms with E-state index in [0.717, 1.165) is 24.1 Å². The summed E-state index contributed by atoms with van der Waals surface area (Å²) in [5.41, 5.74) is 1.92. The molecule has 2 atom stereocenters. The van der Waals surface area contributed by atoms with E-state index in [4.69, 9.17) is 16.3 Å². The number of halogens is 1. The SMILES string of the molecule is C[C@@H](NC(=O)c1ccc(Cl)c(S(=O)(=O)NC[C@H]2CCCO2)c1)c1ccc(-n2cncn2)cc1. The van der Waals surface area contributed by atoms with Gasteiger partial charge >= 0.3 is 0 Å². The molecule has 2 N–H and O–H groups in total. The van der Waals surface area contributed by atoms with Gasteiger partial charge in [0.05, 0.1) is 22.9 Å². The van der Waals surface area contributed by atoms with Gasteiger partial charge < -0.3 is 10.1 Å². The molecule has 0 bridgehead atoms. The highest BCUT2D eigenvalue weighted by Crippen LogP contribution is 2.24. The molecule has 1 aromatic heterocycles. The smallest absolute Gasteiger partial charge is 0.251 e. The highest BCUT2D eigenvalue weighted by atomic mass is 35.5. The van der Waals surface area contributed by atoms with Crippen LogP contribution in [0.3, 0.4) is 0 Å². The van der Waals surface area contributed by atoms with E-state index in [9.17, 15) is 13.2 Å². The topological polar surface area (TPSA) is 115 Å². The van der Waals surface area contributed by atoms with Crippen LogP contribution in [0.1, 0.15) is 41.7 Å². The molecular weight excluding hydrogens is 466 g/mol. The van der Waals surface area contributed by atoms with Gasteiger partial charge in [-0.05, 0) is 55.7 Å². The Morgan fingerprint density at radius 3 is 2.73 bits per heavy atom. The number of amides is 1. The zero-order valence-corrected chi connectivity index (χ0v) is 19.5. The molecule has 1 aliphatic rings. The molecule has 1 aliphatic heterocycles. The number of sulfonamides is 1. The third-order valence-electron chi connectivity index (χ3n) is 5.43. The van der Waals surface area contributed by atoms with Gasteiger partial charge in [-0.1, -0.05) is 23.7 Å². The van der Waals surface area contributed by atoms with Crippen LogP contribution in [0.2, 0.25) is 5.02 Å². The van der Waals surface area contributed by atoms with Crippen LogP contribution < -0.4 is 10.0 Å². The number of carbonyl (C=O) groups excluding carboxylic acids is 1. The molecule has 9 nitrogen and oxygen atoms in total. The summed E-state index contributed by atoms with van der Waals surface area (Å²) in [6.07, 6.45) is 4.61. The minimum absolute atomic E-state index is 0.0446. The molecular formula is C22H24ClN5O4S. The van der Waals surface area contributed by atoms with E-state index < -0.39 is 15.9 Å². The maximum absolute atomic E-state index is 12.8. The summed E-state index contributed by atoms with van der Waals surface area (Å²) in [5, 5.41) is 7.02. The van der Waals surface area contributed by atoms with Gasteiger partial charge in [0.25, 0.3) is 5.91 Å². The zero-order valence-electron chi connectivity index (χ0n) is 17.9. The van der Waals surface area contributed by atoms with Gasteiger partial charge in [-0.15, -0.1) is 0 Å². The first-order valence-corrected chi connectivity index (χ1v) is 12.4. The number of hydrogen-bond donors (Lipinski definition) is 2. The fraction of sp³-hybridized carbons (Fsp3) is 0.318. The van der Waals surface area contributed by atoms with Crippen LogP contribution in [-0.2, 0) is 14.8 Å². The van der Waals surface area contributed by atoms with Crippen molar-refractivity contribution in [1.82, 2.24) is 24.8 Å². The molecule has 0 unspecified atom stereocenters. The van der Waals surface area contributed by atoms with E-state index in [1.165, 1.54) is 24.5 Å². The number of aromatic nitrogens is 3. The summed E-state index contributed by atoms with van der Waals surface area (Å²) in [5.74, 6) is -0.407. The Bertz CT molecular complexity index is 1210. The fourth-order valence-electron chi connectivity index (χ4n) is 3.56. The summed E-state index contributed by atoms with van der Waals surface area (Å²) in [6, 6.07) is 11.4. The van der Waals surface area contributed by atoms with Crippen molar-refractivity contribution in [3.63, 3.8) is 0 Å². The predicted molar refractivity (Wildman–Crippen MR) is 123 cm³/mol. The Morgan fingerprint density at radius 1 is 1.27 bits per heavy atom. The lowest BCUT2D eigenvalue weighted by Crippen LogP contribution is -2.32. The van der Waals surface area contributed by atoms with Crippen LogP contribution >= 0.6 is 11.6 Å². The third kappa shape index (κ3) is 5.59. The zero-order chi connectivity index (χ0) is 23.4. The lowest BCUT2D eigenvalue weighted by molar-refractivity contribution is 0.0939. The molecule has 1 amide bonds. The Morgan fingerprint density at radius 2 is 2.06 bits per heavy atom. The number of carbonyl (C=O) groups is 1. The van der Waals surface area contributed by atoms with Crippen molar-refractivity contribution in [3.8, 4) is 5.69 Å². The first-order chi connectivity index (χ1) is 15.8. The third-order valence-corrected chi connectivity index (χ3v) is 7.34. The van der Waals surface area contributed by atoms with E-state index >= 15 is 0 Å². The number of nitrogens with zero attached hydrogens (tertiary/aromatic N) is 3.